The van der Waals surface area contributed by atoms with Crippen LogP contribution in [0.5, 0.6) is 0 Å². The van der Waals surface area contributed by atoms with E-state index in [2.05, 4.69) is 5.32 Å². The van der Waals surface area contributed by atoms with Crippen molar-refractivity contribution in [2.24, 2.45) is 0 Å². The quantitative estimate of drug-likeness (QED) is 0.444. The molecule has 0 atom stereocenters. The Morgan fingerprint density at radius 1 is 1.00 bits per heavy atom. The Hall–Kier alpha value is -3.61. The number of benzene rings is 2. The number of para-hydroxylation sites is 1. The monoisotopic (exact) mass is 414 g/mol. The van der Waals surface area contributed by atoms with Crippen molar-refractivity contribution < 1.29 is 27.8 Å². The van der Waals surface area contributed by atoms with Gasteiger partial charge in [0.1, 0.15) is 0 Å². The first-order valence-electron chi connectivity index (χ1n) is 7.21. The zero-order chi connectivity index (χ0) is 21.1. The first-order chi connectivity index (χ1) is 13.0. The summed E-state index contributed by atoms with van der Waals surface area (Å²) in [6.07, 6.45) is -4.68. The van der Waals surface area contributed by atoms with Crippen LogP contribution in [0, 0.1) is 20.2 Å². The van der Waals surface area contributed by atoms with E-state index in [1.54, 1.807) is 0 Å². The molecule has 2 aromatic carbocycles. The molecule has 28 heavy (non-hydrogen) atoms. The lowest BCUT2D eigenvalue weighted by Crippen LogP contribution is -2.34. The molecule has 0 spiro atoms. The molecule has 0 aliphatic carbocycles. The second kappa shape index (κ2) is 7.96. The molecule has 146 valence electrons. The number of nitrogens with one attached hydrogen (secondary N) is 2. The number of nitro benzene ring substituents is 2. The van der Waals surface area contributed by atoms with Crippen LogP contribution >= 0.6 is 12.2 Å². The lowest BCUT2D eigenvalue weighted by molar-refractivity contribution is -0.394. The fourth-order valence-corrected chi connectivity index (χ4v) is 2.31. The summed E-state index contributed by atoms with van der Waals surface area (Å²) in [4.78, 5) is 32.0. The topological polar surface area (TPSA) is 127 Å². The highest BCUT2D eigenvalue weighted by Crippen LogP contribution is 2.34. The summed E-state index contributed by atoms with van der Waals surface area (Å²) < 4.78 is 38.9. The van der Waals surface area contributed by atoms with E-state index >= 15 is 0 Å². The van der Waals surface area contributed by atoms with Crippen molar-refractivity contribution in [1.82, 2.24) is 5.32 Å². The van der Waals surface area contributed by atoms with E-state index in [0.717, 1.165) is 30.3 Å². The predicted octanol–water partition coefficient (Wildman–Crippen LogP) is 3.65. The summed E-state index contributed by atoms with van der Waals surface area (Å²) in [5.41, 5.74) is -3.33. The molecule has 0 aliphatic heterocycles. The van der Waals surface area contributed by atoms with Gasteiger partial charge in [-0.1, -0.05) is 12.1 Å². The lowest BCUT2D eigenvalue weighted by Gasteiger charge is -2.15. The van der Waals surface area contributed by atoms with Gasteiger partial charge in [-0.2, -0.15) is 13.2 Å². The van der Waals surface area contributed by atoms with E-state index in [-0.39, 0.29) is 0 Å². The van der Waals surface area contributed by atoms with E-state index in [4.69, 9.17) is 12.2 Å². The molecular formula is C15H9F3N4O5S. The van der Waals surface area contributed by atoms with Crippen LogP contribution in [0.1, 0.15) is 15.9 Å². The Morgan fingerprint density at radius 3 is 2.04 bits per heavy atom. The highest BCUT2D eigenvalue weighted by atomic mass is 32.1. The number of thiocarbonyl (C=S) groups is 1. The van der Waals surface area contributed by atoms with Gasteiger partial charge in [0.15, 0.2) is 5.11 Å². The maximum atomic E-state index is 13.0. The molecule has 2 N–H and O–H groups in total. The number of non-ortho nitro benzene ring substituents is 2. The Balaban J connectivity index is 2.23. The summed E-state index contributed by atoms with van der Waals surface area (Å²) >= 11 is 4.79. The van der Waals surface area contributed by atoms with E-state index in [1.165, 1.54) is 6.07 Å². The first-order valence-corrected chi connectivity index (χ1v) is 7.62. The van der Waals surface area contributed by atoms with Gasteiger partial charge in [0, 0.05) is 12.1 Å². The molecule has 0 aliphatic rings. The number of anilines is 1. The summed E-state index contributed by atoms with van der Waals surface area (Å²) in [6, 6.07) is 6.57. The number of nitrogens with zero attached hydrogens (tertiary/aromatic N) is 2. The second-order valence-electron chi connectivity index (χ2n) is 5.20. The van der Waals surface area contributed by atoms with Gasteiger partial charge >= 0.3 is 6.18 Å². The molecule has 0 bridgehead atoms. The maximum Gasteiger partial charge on any atom is 0.418 e. The number of nitro groups is 2. The molecular weight excluding hydrogens is 405 g/mol. The fraction of sp³-hybridized carbons (Fsp3) is 0.0667. The van der Waals surface area contributed by atoms with Crippen LogP contribution in [0.15, 0.2) is 42.5 Å². The van der Waals surface area contributed by atoms with Gasteiger partial charge in [0.25, 0.3) is 17.3 Å². The van der Waals surface area contributed by atoms with Crippen molar-refractivity contribution in [3.63, 3.8) is 0 Å². The largest absolute Gasteiger partial charge is 0.418 e. The summed E-state index contributed by atoms with van der Waals surface area (Å²) in [6.45, 7) is 0. The Kier molecular flexibility index (Phi) is 5.88. The smallest absolute Gasteiger partial charge is 0.332 e. The van der Waals surface area contributed by atoms with Crippen molar-refractivity contribution in [2.45, 2.75) is 6.18 Å². The number of alkyl halides is 3. The SMILES string of the molecule is O=C(NC(=S)Nc1ccccc1C(F)(F)F)c1cc([N+](=O)[O-])cc([N+](=O)[O-])c1. The minimum Gasteiger partial charge on any atom is -0.332 e. The van der Waals surface area contributed by atoms with Gasteiger partial charge in [-0.3, -0.25) is 30.3 Å². The van der Waals surface area contributed by atoms with Crippen LogP contribution in [-0.4, -0.2) is 20.9 Å². The predicted molar refractivity (Wildman–Crippen MR) is 94.9 cm³/mol. The lowest BCUT2D eigenvalue weighted by atomic mass is 10.1. The van der Waals surface area contributed by atoms with Gasteiger partial charge in [-0.15, -0.1) is 0 Å². The molecule has 0 heterocycles. The third-order valence-corrected chi connectivity index (χ3v) is 3.50. The van der Waals surface area contributed by atoms with Gasteiger partial charge in [0.05, 0.1) is 32.7 Å². The molecule has 0 aromatic heterocycles. The van der Waals surface area contributed by atoms with Gasteiger partial charge < -0.3 is 5.32 Å². The normalized spacial score (nSPS) is 10.8. The minimum atomic E-state index is -4.68. The molecule has 1 amide bonds. The molecule has 0 saturated carbocycles. The van der Waals surface area contributed by atoms with Crippen molar-refractivity contribution >= 4 is 40.3 Å². The molecule has 0 radical (unpaired) electrons. The van der Waals surface area contributed by atoms with Gasteiger partial charge in [0.2, 0.25) is 0 Å². The van der Waals surface area contributed by atoms with Crippen molar-refractivity contribution in [3.05, 3.63) is 73.8 Å². The summed E-state index contributed by atoms with van der Waals surface area (Å²) in [5.74, 6) is -1.08. The van der Waals surface area contributed by atoms with Gasteiger partial charge in [-0.25, -0.2) is 0 Å². The zero-order valence-corrected chi connectivity index (χ0v) is 14.3. The molecule has 2 rings (SSSR count). The van der Waals surface area contributed by atoms with Crippen LogP contribution in [0.25, 0.3) is 0 Å². The van der Waals surface area contributed by atoms with Crippen LogP contribution in [0.4, 0.5) is 30.2 Å². The Morgan fingerprint density at radius 2 is 1.54 bits per heavy atom. The number of hydrogen-bond donors (Lipinski definition) is 2. The number of carbonyl (C=O) groups excluding carboxylic acids is 1. The number of amides is 1. The number of halogens is 3. The first kappa shape index (κ1) is 20.7. The van der Waals surface area contributed by atoms with Crippen LogP contribution in [0.3, 0.4) is 0 Å². The molecule has 0 fully saturated rings. The summed E-state index contributed by atoms with van der Waals surface area (Å²) in [7, 11) is 0. The van der Waals surface area contributed by atoms with Crippen LogP contribution in [-0.2, 0) is 6.18 Å². The fourth-order valence-electron chi connectivity index (χ4n) is 2.11. The average Bonchev–Trinajstić information content (AvgIpc) is 2.60. The molecule has 0 saturated heterocycles. The average molecular weight is 414 g/mol. The van der Waals surface area contributed by atoms with Gasteiger partial charge in [-0.05, 0) is 24.4 Å². The molecule has 13 heteroatoms. The minimum absolute atomic E-state index is 0.426. The highest BCUT2D eigenvalue weighted by Gasteiger charge is 2.33. The zero-order valence-electron chi connectivity index (χ0n) is 13.5. The number of carbonyl (C=O) groups is 1. The van der Waals surface area contributed by atoms with Crippen LogP contribution < -0.4 is 10.6 Å². The van der Waals surface area contributed by atoms with E-state index in [0.29, 0.717) is 6.07 Å². The molecule has 9 nitrogen and oxygen atoms in total. The second-order valence-corrected chi connectivity index (χ2v) is 5.61. The van der Waals surface area contributed by atoms with Crippen molar-refractivity contribution in [2.75, 3.05) is 5.32 Å². The van der Waals surface area contributed by atoms with E-state index < -0.39 is 55.2 Å². The third-order valence-electron chi connectivity index (χ3n) is 3.29. The number of hydrogen-bond acceptors (Lipinski definition) is 6. The molecule has 2 aromatic rings. The highest BCUT2D eigenvalue weighted by molar-refractivity contribution is 7.80. The standard InChI is InChI=1S/C15H9F3N4O5S/c16-15(17,18)11-3-1-2-4-12(11)19-14(28)20-13(23)8-5-9(21(24)25)7-10(6-8)22(26)27/h1-7H,(H2,19,20,23,28). The Bertz CT molecular complexity index is 948. The summed E-state index contributed by atoms with van der Waals surface area (Å²) in [5, 5.41) is 25.4. The van der Waals surface area contributed by atoms with Crippen LogP contribution in [0.2, 0.25) is 0 Å². The Labute approximate surface area is 159 Å². The van der Waals surface area contributed by atoms with E-state index in [1.807, 2.05) is 5.32 Å². The van der Waals surface area contributed by atoms with Crippen molar-refractivity contribution in [1.29, 1.82) is 0 Å². The number of rotatable bonds is 4. The van der Waals surface area contributed by atoms with E-state index in [9.17, 15) is 38.2 Å². The van der Waals surface area contributed by atoms with Crippen molar-refractivity contribution in [3.8, 4) is 0 Å². The molecule has 0 unspecified atom stereocenters. The maximum absolute atomic E-state index is 13.0. The third kappa shape index (κ3) is 4.97.